The monoisotopic (exact) mass is 434 g/mol. The van der Waals surface area contributed by atoms with E-state index >= 15 is 0 Å². The fraction of sp³-hybridized carbons (Fsp3) is 0.0952. The molecule has 0 amide bonds. The number of pyridine rings is 1. The summed E-state index contributed by atoms with van der Waals surface area (Å²) in [5.41, 5.74) is 5.35. The summed E-state index contributed by atoms with van der Waals surface area (Å²) >= 11 is 0. The first-order valence-corrected chi connectivity index (χ1v) is 7.91. The van der Waals surface area contributed by atoms with Gasteiger partial charge in [-0.3, -0.25) is 9.98 Å². The molecule has 1 aromatic heterocycles. The molecule has 1 heterocycles. The zero-order valence-electron chi connectivity index (χ0n) is 15.1. The molecule has 0 N–H and O–H groups in total. The molecule has 0 atom stereocenters. The van der Waals surface area contributed by atoms with Crippen molar-refractivity contribution >= 4 is 22.8 Å². The summed E-state index contributed by atoms with van der Waals surface area (Å²) in [7, 11) is 0. The summed E-state index contributed by atoms with van der Waals surface area (Å²) in [5.74, 6) is 0. The second-order valence-corrected chi connectivity index (χ2v) is 5.47. The second kappa shape index (κ2) is 12.5. The number of aliphatic imine (C=N–C) groups is 2. The molecule has 2 aromatic carbocycles. The first-order valence-electron chi connectivity index (χ1n) is 7.91. The molecule has 0 spiro atoms. The van der Waals surface area contributed by atoms with E-state index in [4.69, 9.17) is 4.98 Å². The van der Waals surface area contributed by atoms with E-state index in [2.05, 4.69) is 9.98 Å². The number of hydrogen-bond donors (Lipinski definition) is 0. The van der Waals surface area contributed by atoms with Gasteiger partial charge in [0.2, 0.25) is 0 Å². The largest absolute Gasteiger partial charge is 2.00 e. The second-order valence-electron chi connectivity index (χ2n) is 5.47. The van der Waals surface area contributed by atoms with Crippen LogP contribution in [0.2, 0.25) is 0 Å². The summed E-state index contributed by atoms with van der Waals surface area (Å²) in [4.78, 5) is 14.0. The minimum absolute atomic E-state index is 0. The molecule has 27 heavy (non-hydrogen) atoms. The first-order chi connectivity index (χ1) is 11.7. The third-order valence-electron chi connectivity index (χ3n) is 3.60. The van der Waals surface area contributed by atoms with Crippen molar-refractivity contribution in [3.8, 4) is 0 Å². The number of nitrogens with zero attached hydrogens (tertiary/aromatic N) is 3. The number of halogens is 2. The van der Waals surface area contributed by atoms with Crippen molar-refractivity contribution in [2.45, 2.75) is 13.8 Å². The molecule has 1 radical (unpaired) electrons. The maximum Gasteiger partial charge on any atom is 2.00 e. The molecule has 6 heteroatoms. The van der Waals surface area contributed by atoms with E-state index < -0.39 is 0 Å². The van der Waals surface area contributed by atoms with Crippen molar-refractivity contribution in [1.29, 1.82) is 0 Å². The van der Waals surface area contributed by atoms with Gasteiger partial charge in [0.1, 0.15) is 0 Å². The van der Waals surface area contributed by atoms with Gasteiger partial charge in [-0.15, -0.1) is 0 Å². The Kier molecular flexibility index (Phi) is 11.6. The maximum absolute atomic E-state index is 4.70. The van der Waals surface area contributed by atoms with Crippen LogP contribution in [0.15, 0.2) is 88.8 Å². The molecule has 0 unspecified atom stereocenters. The Morgan fingerprint density at radius 1 is 0.593 bits per heavy atom. The Bertz CT molecular complexity index is 811. The van der Waals surface area contributed by atoms with Gasteiger partial charge in [-0.05, 0) is 50.2 Å². The number of aromatic nitrogens is 1. The number of hydrogen-bond acceptors (Lipinski definition) is 3. The van der Waals surface area contributed by atoms with Gasteiger partial charge in [0, 0.05) is 0 Å². The van der Waals surface area contributed by atoms with E-state index in [1.54, 1.807) is 0 Å². The van der Waals surface area contributed by atoms with Crippen LogP contribution in [0.3, 0.4) is 0 Å². The third kappa shape index (κ3) is 7.32. The Morgan fingerprint density at radius 3 is 1.33 bits per heavy atom. The minimum Gasteiger partial charge on any atom is -1.00 e. The van der Waals surface area contributed by atoms with Crippen LogP contribution in [-0.2, 0) is 18.6 Å². The standard InChI is InChI=1S/C21H19N3.2ClH.V/c1-16(22-18-10-5-3-6-11-18)20-14-9-15-21(24-20)17(2)23-19-12-7-4-8-13-19;;;/h3-15H,1-2H3;2*1H;/q;;;+2/p-2. The number of benzene rings is 2. The van der Waals surface area contributed by atoms with Crippen LogP contribution in [-0.4, -0.2) is 16.4 Å². The zero-order valence-corrected chi connectivity index (χ0v) is 18.0. The summed E-state index contributed by atoms with van der Waals surface area (Å²) in [6, 6.07) is 25.7. The van der Waals surface area contributed by atoms with Crippen LogP contribution in [0.25, 0.3) is 0 Å². The van der Waals surface area contributed by atoms with Crippen molar-refractivity contribution in [1.82, 2.24) is 4.98 Å². The van der Waals surface area contributed by atoms with Gasteiger partial charge in [0.05, 0.1) is 34.2 Å². The van der Waals surface area contributed by atoms with Crippen LogP contribution < -0.4 is 24.8 Å². The molecular weight excluding hydrogens is 416 g/mol. The molecule has 3 aromatic rings. The van der Waals surface area contributed by atoms with Crippen molar-refractivity contribution in [2.24, 2.45) is 9.98 Å². The van der Waals surface area contributed by atoms with Gasteiger partial charge in [-0.2, -0.15) is 0 Å². The van der Waals surface area contributed by atoms with Gasteiger partial charge in [0.15, 0.2) is 0 Å². The first kappa shape index (κ1) is 25.1. The molecule has 0 saturated heterocycles. The van der Waals surface area contributed by atoms with Crippen molar-refractivity contribution in [3.05, 3.63) is 90.3 Å². The van der Waals surface area contributed by atoms with Gasteiger partial charge in [-0.25, -0.2) is 4.98 Å². The third-order valence-corrected chi connectivity index (χ3v) is 3.60. The normalized spacial score (nSPS) is 10.9. The molecule has 0 aliphatic carbocycles. The molecular formula is C21H19Cl2N3V. The average Bonchev–Trinajstić information content (AvgIpc) is 2.63. The van der Waals surface area contributed by atoms with Crippen molar-refractivity contribution in [2.75, 3.05) is 0 Å². The topological polar surface area (TPSA) is 37.6 Å². The molecule has 3 rings (SSSR count). The van der Waals surface area contributed by atoms with E-state index in [-0.39, 0.29) is 43.4 Å². The van der Waals surface area contributed by atoms with Gasteiger partial charge in [0.25, 0.3) is 0 Å². The Labute approximate surface area is 184 Å². The van der Waals surface area contributed by atoms with Crippen LogP contribution >= 0.6 is 0 Å². The number of para-hydroxylation sites is 2. The van der Waals surface area contributed by atoms with E-state index in [1.807, 2.05) is 92.7 Å². The van der Waals surface area contributed by atoms with E-state index in [1.165, 1.54) is 0 Å². The SMILES string of the molecule is CC(=Nc1ccccc1)c1cccc(C(C)=Nc2ccccc2)n1.[Cl-].[Cl-].[V+2]. The predicted molar refractivity (Wildman–Crippen MR) is 101 cm³/mol. The summed E-state index contributed by atoms with van der Waals surface area (Å²) < 4.78 is 0. The molecule has 137 valence electrons. The van der Waals surface area contributed by atoms with Crippen LogP contribution in [0.1, 0.15) is 25.2 Å². The Balaban J connectivity index is 0.00000225. The van der Waals surface area contributed by atoms with Gasteiger partial charge in [-0.1, -0.05) is 42.5 Å². The maximum atomic E-state index is 4.70. The molecule has 0 saturated carbocycles. The van der Waals surface area contributed by atoms with Crippen LogP contribution in [0, 0.1) is 0 Å². The molecule has 0 aliphatic rings. The van der Waals surface area contributed by atoms with Gasteiger partial charge >= 0.3 is 18.6 Å². The molecule has 0 bridgehead atoms. The van der Waals surface area contributed by atoms with E-state index in [0.717, 1.165) is 34.2 Å². The average molecular weight is 435 g/mol. The number of rotatable bonds is 4. The minimum atomic E-state index is 0. The fourth-order valence-electron chi connectivity index (χ4n) is 2.34. The van der Waals surface area contributed by atoms with E-state index in [9.17, 15) is 0 Å². The summed E-state index contributed by atoms with van der Waals surface area (Å²) in [6.07, 6.45) is 0. The van der Waals surface area contributed by atoms with Crippen LogP contribution in [0.4, 0.5) is 11.4 Å². The van der Waals surface area contributed by atoms with Gasteiger partial charge < -0.3 is 24.8 Å². The van der Waals surface area contributed by atoms with Crippen molar-refractivity contribution in [3.63, 3.8) is 0 Å². The quantitative estimate of drug-likeness (QED) is 0.503. The van der Waals surface area contributed by atoms with Crippen LogP contribution in [0.5, 0.6) is 0 Å². The Morgan fingerprint density at radius 2 is 0.963 bits per heavy atom. The van der Waals surface area contributed by atoms with E-state index in [0.29, 0.717) is 0 Å². The van der Waals surface area contributed by atoms with Crippen molar-refractivity contribution < 1.29 is 43.4 Å². The fourth-order valence-corrected chi connectivity index (χ4v) is 2.34. The summed E-state index contributed by atoms with van der Waals surface area (Å²) in [6.45, 7) is 3.95. The summed E-state index contributed by atoms with van der Waals surface area (Å²) in [5, 5.41) is 0. The Hall–Kier alpha value is -1.91. The zero-order chi connectivity index (χ0) is 16.8. The molecule has 0 fully saturated rings. The predicted octanol–water partition coefficient (Wildman–Crippen LogP) is -0.631. The molecule has 0 aliphatic heterocycles. The molecule has 3 nitrogen and oxygen atoms in total. The smallest absolute Gasteiger partial charge is 1.00 e.